The third-order valence-electron chi connectivity index (χ3n) is 3.07. The molecule has 1 N–H and O–H groups in total. The molecule has 2 rings (SSSR count). The summed E-state index contributed by atoms with van der Waals surface area (Å²) in [4.78, 5) is 10.7. The minimum Gasteiger partial charge on any atom is -0.481 e. The van der Waals surface area contributed by atoms with E-state index in [1.807, 2.05) is 12.1 Å². The molecule has 0 atom stereocenters. The summed E-state index contributed by atoms with van der Waals surface area (Å²) in [5, 5.41) is 9.95. The van der Waals surface area contributed by atoms with Crippen LogP contribution in [0.2, 0.25) is 0 Å². The molecule has 0 spiro atoms. The quantitative estimate of drug-likeness (QED) is 0.878. The normalized spacial score (nSPS) is 11.3. The third kappa shape index (κ3) is 2.73. The van der Waals surface area contributed by atoms with Gasteiger partial charge in [0.25, 0.3) is 0 Å². The number of carboxylic acids is 1. The maximum absolute atomic E-state index is 10.7. The highest BCUT2D eigenvalue weighted by Crippen LogP contribution is 2.22. The second-order valence-electron chi connectivity index (χ2n) is 5.11. The highest BCUT2D eigenvalue weighted by molar-refractivity contribution is 5.84. The van der Waals surface area contributed by atoms with E-state index in [1.54, 1.807) is 0 Å². The molecule has 3 heteroatoms. The number of aromatic nitrogens is 1. The summed E-state index contributed by atoms with van der Waals surface area (Å²) in [5.74, 6) is -0.142. The standard InChI is InChI=1S/C15H19NO2/c1-11(2)10-16-9-8-13-12(6-7-15(17)18)4-3-5-14(13)16/h3-5,8-9,11H,6-7,10H2,1-2H3,(H,17,18). The fourth-order valence-electron chi connectivity index (χ4n) is 2.30. The number of nitrogens with zero attached hydrogens (tertiary/aromatic N) is 1. The van der Waals surface area contributed by atoms with Crippen molar-refractivity contribution in [1.82, 2.24) is 4.57 Å². The van der Waals surface area contributed by atoms with Gasteiger partial charge in [-0.2, -0.15) is 0 Å². The number of aliphatic carboxylic acids is 1. The summed E-state index contributed by atoms with van der Waals surface area (Å²) >= 11 is 0. The van der Waals surface area contributed by atoms with E-state index in [-0.39, 0.29) is 6.42 Å². The first-order valence-electron chi connectivity index (χ1n) is 6.36. The van der Waals surface area contributed by atoms with Crippen molar-refractivity contribution in [2.75, 3.05) is 0 Å². The van der Waals surface area contributed by atoms with E-state index >= 15 is 0 Å². The molecule has 2 aromatic rings. The van der Waals surface area contributed by atoms with Crippen LogP contribution in [0.5, 0.6) is 0 Å². The molecule has 18 heavy (non-hydrogen) atoms. The Morgan fingerprint density at radius 1 is 1.33 bits per heavy atom. The van der Waals surface area contributed by atoms with E-state index in [9.17, 15) is 4.79 Å². The molecule has 0 bridgehead atoms. The van der Waals surface area contributed by atoms with Gasteiger partial charge >= 0.3 is 5.97 Å². The number of hydrogen-bond donors (Lipinski definition) is 1. The van der Waals surface area contributed by atoms with Crippen molar-refractivity contribution >= 4 is 16.9 Å². The molecular weight excluding hydrogens is 226 g/mol. The smallest absolute Gasteiger partial charge is 0.303 e. The minimum absolute atomic E-state index is 0.189. The van der Waals surface area contributed by atoms with E-state index in [2.05, 4.69) is 36.7 Å². The Balaban J connectivity index is 2.32. The molecule has 0 aliphatic heterocycles. The second-order valence-corrected chi connectivity index (χ2v) is 5.11. The Morgan fingerprint density at radius 2 is 2.11 bits per heavy atom. The van der Waals surface area contributed by atoms with Crippen molar-refractivity contribution in [1.29, 1.82) is 0 Å². The van der Waals surface area contributed by atoms with E-state index in [0.29, 0.717) is 12.3 Å². The van der Waals surface area contributed by atoms with E-state index in [4.69, 9.17) is 5.11 Å². The first-order valence-corrected chi connectivity index (χ1v) is 6.36. The summed E-state index contributed by atoms with van der Waals surface area (Å²) < 4.78 is 2.24. The van der Waals surface area contributed by atoms with Crippen LogP contribution in [-0.4, -0.2) is 15.6 Å². The number of hydrogen-bond acceptors (Lipinski definition) is 1. The van der Waals surface area contributed by atoms with Gasteiger partial charge in [-0.05, 0) is 30.0 Å². The monoisotopic (exact) mass is 245 g/mol. The summed E-state index contributed by atoms with van der Waals surface area (Å²) in [6, 6.07) is 8.22. The molecule has 0 saturated heterocycles. The highest BCUT2D eigenvalue weighted by atomic mass is 16.4. The van der Waals surface area contributed by atoms with E-state index in [0.717, 1.165) is 12.1 Å². The third-order valence-corrected chi connectivity index (χ3v) is 3.07. The maximum atomic E-state index is 10.7. The van der Waals surface area contributed by atoms with Crippen LogP contribution >= 0.6 is 0 Å². The van der Waals surface area contributed by atoms with Crippen LogP contribution in [0.3, 0.4) is 0 Å². The van der Waals surface area contributed by atoms with Crippen molar-refractivity contribution < 1.29 is 9.90 Å². The van der Waals surface area contributed by atoms with Crippen molar-refractivity contribution in [3.05, 3.63) is 36.0 Å². The van der Waals surface area contributed by atoms with Gasteiger partial charge in [-0.15, -0.1) is 0 Å². The first kappa shape index (κ1) is 12.7. The van der Waals surface area contributed by atoms with Crippen molar-refractivity contribution in [2.24, 2.45) is 5.92 Å². The van der Waals surface area contributed by atoms with Crippen LogP contribution in [0.1, 0.15) is 25.8 Å². The predicted octanol–water partition coefficient (Wildman–Crippen LogP) is 3.31. The Morgan fingerprint density at radius 3 is 2.78 bits per heavy atom. The average Bonchev–Trinajstić information content (AvgIpc) is 2.69. The molecule has 1 aromatic carbocycles. The predicted molar refractivity (Wildman–Crippen MR) is 72.7 cm³/mol. The number of fused-ring (bicyclic) bond motifs is 1. The van der Waals surface area contributed by atoms with Crippen LogP contribution in [-0.2, 0) is 17.8 Å². The van der Waals surface area contributed by atoms with Crippen LogP contribution < -0.4 is 0 Å². The minimum atomic E-state index is -0.742. The Bertz CT molecular complexity index is 555. The van der Waals surface area contributed by atoms with E-state index in [1.165, 1.54) is 10.9 Å². The van der Waals surface area contributed by atoms with Gasteiger partial charge in [-0.1, -0.05) is 26.0 Å². The fraction of sp³-hybridized carbons (Fsp3) is 0.400. The second kappa shape index (κ2) is 5.25. The van der Waals surface area contributed by atoms with Crippen molar-refractivity contribution in [3.63, 3.8) is 0 Å². The SMILES string of the molecule is CC(C)Cn1ccc2c(CCC(=O)O)cccc21. The molecule has 0 amide bonds. The molecule has 0 aliphatic rings. The lowest BCUT2D eigenvalue weighted by molar-refractivity contribution is -0.136. The van der Waals surface area contributed by atoms with Gasteiger partial charge in [0, 0.05) is 30.1 Å². The van der Waals surface area contributed by atoms with Crippen LogP contribution in [0.4, 0.5) is 0 Å². The van der Waals surface area contributed by atoms with Crippen molar-refractivity contribution in [3.8, 4) is 0 Å². The van der Waals surface area contributed by atoms with Crippen LogP contribution in [0, 0.1) is 5.92 Å². The zero-order valence-electron chi connectivity index (χ0n) is 10.9. The largest absolute Gasteiger partial charge is 0.481 e. The molecule has 1 aromatic heterocycles. The number of aryl methyl sites for hydroxylation is 1. The number of benzene rings is 1. The summed E-state index contributed by atoms with van der Waals surface area (Å²) in [6.45, 7) is 5.38. The lowest BCUT2D eigenvalue weighted by Crippen LogP contribution is -2.02. The Kier molecular flexibility index (Phi) is 3.70. The molecule has 0 unspecified atom stereocenters. The number of rotatable bonds is 5. The molecule has 1 heterocycles. The molecule has 0 radical (unpaired) electrons. The van der Waals surface area contributed by atoms with Gasteiger partial charge in [0.05, 0.1) is 0 Å². The molecular formula is C15H19NO2. The van der Waals surface area contributed by atoms with Gasteiger partial charge in [-0.3, -0.25) is 4.79 Å². The fourth-order valence-corrected chi connectivity index (χ4v) is 2.30. The summed E-state index contributed by atoms with van der Waals surface area (Å²) in [6.07, 6.45) is 2.88. The maximum Gasteiger partial charge on any atom is 0.303 e. The zero-order valence-corrected chi connectivity index (χ0v) is 10.9. The van der Waals surface area contributed by atoms with Crippen LogP contribution in [0.25, 0.3) is 10.9 Å². The number of carbonyl (C=O) groups is 1. The van der Waals surface area contributed by atoms with Crippen molar-refractivity contribution in [2.45, 2.75) is 33.2 Å². The first-order chi connectivity index (χ1) is 8.58. The van der Waals surface area contributed by atoms with Gasteiger partial charge in [0.15, 0.2) is 0 Å². The van der Waals surface area contributed by atoms with Gasteiger partial charge in [-0.25, -0.2) is 0 Å². The molecule has 3 nitrogen and oxygen atoms in total. The van der Waals surface area contributed by atoms with Gasteiger partial charge in [0.1, 0.15) is 0 Å². The zero-order chi connectivity index (χ0) is 13.1. The molecule has 0 fully saturated rings. The lowest BCUT2D eigenvalue weighted by Gasteiger charge is -2.09. The van der Waals surface area contributed by atoms with Gasteiger partial charge < -0.3 is 9.67 Å². The summed E-state index contributed by atoms with van der Waals surface area (Å²) in [7, 11) is 0. The average molecular weight is 245 g/mol. The molecule has 0 saturated carbocycles. The Labute approximate surface area is 107 Å². The van der Waals surface area contributed by atoms with Gasteiger partial charge in [0.2, 0.25) is 0 Å². The van der Waals surface area contributed by atoms with E-state index < -0.39 is 5.97 Å². The Hall–Kier alpha value is -1.77. The van der Waals surface area contributed by atoms with Crippen LogP contribution in [0.15, 0.2) is 30.5 Å². The molecule has 0 aliphatic carbocycles. The summed E-state index contributed by atoms with van der Waals surface area (Å²) in [5.41, 5.74) is 2.32. The number of carboxylic acid groups (broad SMARTS) is 1. The molecule has 96 valence electrons. The lowest BCUT2D eigenvalue weighted by atomic mass is 10.1. The topological polar surface area (TPSA) is 42.2 Å². The highest BCUT2D eigenvalue weighted by Gasteiger charge is 2.07.